The van der Waals surface area contributed by atoms with Crippen LogP contribution in [0.3, 0.4) is 0 Å². The Hall–Kier alpha value is -3.37. The third-order valence-corrected chi connectivity index (χ3v) is 5.82. The van der Waals surface area contributed by atoms with Crippen LogP contribution in [-0.4, -0.2) is 22.6 Å². The standard InChI is InChI=1S/C26H22ClN3O/c1-31-22-13-9-19(10-14-22)23-15-16-30-26(28-23)25(20-7-11-21(27)12-8-20)24(29-30)17-18-5-3-2-4-6-18/h2-14H,15-17H2,1H3. The van der Waals surface area contributed by atoms with Crippen LogP contribution in [0, 0.1) is 0 Å². The Kier molecular flexibility index (Phi) is 5.31. The van der Waals surface area contributed by atoms with Crippen molar-refractivity contribution in [2.75, 3.05) is 7.11 Å². The number of fused-ring (bicyclic) bond motifs is 1. The lowest BCUT2D eigenvalue weighted by molar-refractivity contribution is 0.415. The Bertz CT molecular complexity index is 1230. The summed E-state index contributed by atoms with van der Waals surface area (Å²) in [5, 5.41) is 5.68. The van der Waals surface area contributed by atoms with Crippen molar-refractivity contribution >= 4 is 23.1 Å². The number of nitrogens with zero attached hydrogens (tertiary/aromatic N) is 3. The Morgan fingerprint density at radius 2 is 1.61 bits per heavy atom. The van der Waals surface area contributed by atoms with Gasteiger partial charge in [0.2, 0.25) is 0 Å². The number of aryl methyl sites for hydroxylation is 1. The van der Waals surface area contributed by atoms with Gasteiger partial charge < -0.3 is 4.74 Å². The van der Waals surface area contributed by atoms with Gasteiger partial charge in [0, 0.05) is 30.0 Å². The molecule has 154 valence electrons. The number of halogens is 1. The van der Waals surface area contributed by atoms with Gasteiger partial charge in [0.05, 0.1) is 18.5 Å². The van der Waals surface area contributed by atoms with Gasteiger partial charge in [-0.2, -0.15) is 5.10 Å². The molecule has 4 aromatic rings. The van der Waals surface area contributed by atoms with Gasteiger partial charge >= 0.3 is 0 Å². The first-order valence-electron chi connectivity index (χ1n) is 10.3. The second-order valence-electron chi connectivity index (χ2n) is 7.57. The van der Waals surface area contributed by atoms with Crippen molar-refractivity contribution in [3.05, 3.63) is 101 Å². The average molecular weight is 428 g/mol. The molecule has 1 aliphatic rings. The van der Waals surface area contributed by atoms with E-state index >= 15 is 0 Å². The van der Waals surface area contributed by atoms with Crippen LogP contribution in [0.4, 0.5) is 5.82 Å². The number of hydrogen-bond acceptors (Lipinski definition) is 3. The first-order valence-corrected chi connectivity index (χ1v) is 10.7. The van der Waals surface area contributed by atoms with E-state index in [1.165, 1.54) is 5.56 Å². The lowest BCUT2D eigenvalue weighted by atomic mass is 10.00. The SMILES string of the molecule is COc1ccc(C2=Nc3c(-c4ccc(Cl)cc4)c(Cc4ccccc4)nn3CC2)cc1. The molecule has 0 unspecified atom stereocenters. The molecule has 4 nitrogen and oxygen atoms in total. The highest BCUT2D eigenvalue weighted by molar-refractivity contribution is 6.30. The Morgan fingerprint density at radius 1 is 0.903 bits per heavy atom. The summed E-state index contributed by atoms with van der Waals surface area (Å²) < 4.78 is 7.33. The Labute approximate surface area is 186 Å². The maximum Gasteiger partial charge on any atom is 0.158 e. The molecule has 0 amide bonds. The summed E-state index contributed by atoms with van der Waals surface area (Å²) in [5.74, 6) is 1.75. The van der Waals surface area contributed by atoms with Gasteiger partial charge in [0.15, 0.2) is 5.82 Å². The maximum absolute atomic E-state index is 6.16. The minimum Gasteiger partial charge on any atom is -0.497 e. The Morgan fingerprint density at radius 3 is 2.32 bits per heavy atom. The quantitative estimate of drug-likeness (QED) is 0.373. The summed E-state index contributed by atoms with van der Waals surface area (Å²) in [4.78, 5) is 5.08. The third-order valence-electron chi connectivity index (χ3n) is 5.57. The molecule has 0 atom stereocenters. The number of hydrogen-bond donors (Lipinski definition) is 0. The molecule has 0 fully saturated rings. The molecule has 5 heteroatoms. The van der Waals surface area contributed by atoms with Crippen molar-refractivity contribution in [1.29, 1.82) is 0 Å². The van der Waals surface area contributed by atoms with Gasteiger partial charge in [-0.25, -0.2) is 9.67 Å². The van der Waals surface area contributed by atoms with Crippen LogP contribution >= 0.6 is 11.6 Å². The number of aliphatic imine (C=N–C) groups is 1. The molecule has 0 spiro atoms. The summed E-state index contributed by atoms with van der Waals surface area (Å²) in [5.41, 5.74) is 6.59. The molecule has 0 radical (unpaired) electrons. The fraction of sp³-hybridized carbons (Fsp3) is 0.154. The van der Waals surface area contributed by atoms with Crippen LogP contribution in [0.2, 0.25) is 5.02 Å². The molecule has 0 saturated carbocycles. The van der Waals surface area contributed by atoms with Crippen molar-refractivity contribution in [2.45, 2.75) is 19.4 Å². The van der Waals surface area contributed by atoms with E-state index in [-0.39, 0.29) is 0 Å². The summed E-state index contributed by atoms with van der Waals surface area (Å²) >= 11 is 6.16. The smallest absolute Gasteiger partial charge is 0.158 e. The number of benzene rings is 3. The highest BCUT2D eigenvalue weighted by Gasteiger charge is 2.23. The topological polar surface area (TPSA) is 39.4 Å². The van der Waals surface area contributed by atoms with E-state index in [9.17, 15) is 0 Å². The molecule has 1 aromatic heterocycles. The van der Waals surface area contributed by atoms with Crippen molar-refractivity contribution in [3.8, 4) is 16.9 Å². The zero-order valence-electron chi connectivity index (χ0n) is 17.3. The van der Waals surface area contributed by atoms with E-state index in [1.54, 1.807) is 7.11 Å². The Balaban J connectivity index is 1.61. The second-order valence-corrected chi connectivity index (χ2v) is 8.01. The van der Waals surface area contributed by atoms with E-state index in [0.717, 1.165) is 64.1 Å². The monoisotopic (exact) mass is 427 g/mol. The van der Waals surface area contributed by atoms with Crippen molar-refractivity contribution in [3.63, 3.8) is 0 Å². The van der Waals surface area contributed by atoms with Crippen molar-refractivity contribution < 1.29 is 4.74 Å². The summed E-state index contributed by atoms with van der Waals surface area (Å²) in [6.07, 6.45) is 1.60. The first-order chi connectivity index (χ1) is 15.2. The molecule has 0 aliphatic carbocycles. The van der Waals surface area contributed by atoms with Crippen molar-refractivity contribution in [2.24, 2.45) is 4.99 Å². The zero-order chi connectivity index (χ0) is 21.2. The van der Waals surface area contributed by atoms with Gasteiger partial charge in [-0.15, -0.1) is 0 Å². The number of methoxy groups -OCH3 is 1. The number of rotatable bonds is 5. The minimum absolute atomic E-state index is 0.719. The molecule has 5 rings (SSSR count). The zero-order valence-corrected chi connectivity index (χ0v) is 18.0. The van der Waals surface area contributed by atoms with Gasteiger partial charge in [0.25, 0.3) is 0 Å². The van der Waals surface area contributed by atoms with Crippen LogP contribution in [0.25, 0.3) is 11.1 Å². The molecule has 0 bridgehead atoms. The van der Waals surface area contributed by atoms with E-state index in [0.29, 0.717) is 0 Å². The van der Waals surface area contributed by atoms with Gasteiger partial charge in [-0.1, -0.05) is 54.1 Å². The molecular formula is C26H22ClN3O. The predicted octanol–water partition coefficient (Wildman–Crippen LogP) is 6.33. The molecule has 2 heterocycles. The van der Waals surface area contributed by atoms with Crippen LogP contribution in [-0.2, 0) is 13.0 Å². The largest absolute Gasteiger partial charge is 0.497 e. The summed E-state index contributed by atoms with van der Waals surface area (Å²) in [6, 6.07) is 26.5. The second kappa shape index (κ2) is 8.40. The first kappa shape index (κ1) is 19.6. The number of ether oxygens (including phenoxy) is 1. The maximum atomic E-state index is 6.16. The molecule has 31 heavy (non-hydrogen) atoms. The normalized spacial score (nSPS) is 12.9. The molecule has 0 N–H and O–H groups in total. The van der Waals surface area contributed by atoms with Gasteiger partial charge in [-0.3, -0.25) is 0 Å². The van der Waals surface area contributed by atoms with Crippen LogP contribution in [0.1, 0.15) is 23.2 Å². The molecular weight excluding hydrogens is 406 g/mol. The van der Waals surface area contributed by atoms with Gasteiger partial charge in [-0.05, 0) is 53.1 Å². The lowest BCUT2D eigenvalue weighted by Crippen LogP contribution is -2.13. The fourth-order valence-corrected chi connectivity index (χ4v) is 4.11. The third kappa shape index (κ3) is 3.99. The average Bonchev–Trinajstić information content (AvgIpc) is 3.17. The lowest BCUT2D eigenvalue weighted by Gasteiger charge is -2.15. The van der Waals surface area contributed by atoms with E-state index in [2.05, 4.69) is 36.4 Å². The minimum atomic E-state index is 0.719. The van der Waals surface area contributed by atoms with E-state index in [4.69, 9.17) is 26.4 Å². The summed E-state index contributed by atoms with van der Waals surface area (Å²) in [7, 11) is 1.68. The van der Waals surface area contributed by atoms with E-state index < -0.39 is 0 Å². The fourth-order valence-electron chi connectivity index (χ4n) is 3.98. The van der Waals surface area contributed by atoms with Gasteiger partial charge in [0.1, 0.15) is 5.75 Å². The van der Waals surface area contributed by atoms with E-state index in [1.807, 2.05) is 47.1 Å². The van der Waals surface area contributed by atoms with Crippen LogP contribution in [0.15, 0.2) is 83.9 Å². The van der Waals surface area contributed by atoms with Crippen LogP contribution in [0.5, 0.6) is 5.75 Å². The highest BCUT2D eigenvalue weighted by Crippen LogP contribution is 2.38. The predicted molar refractivity (Wildman–Crippen MR) is 126 cm³/mol. The molecule has 3 aromatic carbocycles. The molecule has 0 saturated heterocycles. The number of aromatic nitrogens is 2. The van der Waals surface area contributed by atoms with Crippen molar-refractivity contribution in [1.82, 2.24) is 9.78 Å². The summed E-state index contributed by atoms with van der Waals surface area (Å²) in [6.45, 7) is 0.801. The highest BCUT2D eigenvalue weighted by atomic mass is 35.5. The van der Waals surface area contributed by atoms with Crippen LogP contribution < -0.4 is 4.74 Å². The molecule has 1 aliphatic heterocycles.